The lowest BCUT2D eigenvalue weighted by atomic mass is 9.82. The SMILES string of the molecule is CC(C)(C)OC(=O)N1C=CC(C)(c2cnn(-c3c(Br)cc(F)cc3Br)c2N)C=C1. The number of nitrogens with zero attached hydrogens (tertiary/aromatic N) is 3. The molecule has 154 valence electrons. The molecule has 1 aliphatic heterocycles. The molecule has 1 aliphatic rings. The Kier molecular flexibility index (Phi) is 5.66. The zero-order valence-corrected chi connectivity index (χ0v) is 19.6. The lowest BCUT2D eigenvalue weighted by Crippen LogP contribution is -2.33. The Labute approximate surface area is 185 Å². The van der Waals surface area contributed by atoms with Crippen LogP contribution in [0.2, 0.25) is 0 Å². The molecule has 0 spiro atoms. The number of ether oxygens (including phenoxy) is 1. The number of aromatic nitrogens is 2. The van der Waals surface area contributed by atoms with E-state index in [0.717, 1.165) is 5.56 Å². The Morgan fingerprint density at radius 3 is 2.28 bits per heavy atom. The van der Waals surface area contributed by atoms with E-state index in [2.05, 4.69) is 37.0 Å². The molecule has 1 amide bonds. The van der Waals surface area contributed by atoms with Crippen molar-refractivity contribution in [2.45, 2.75) is 38.7 Å². The first-order valence-corrected chi connectivity index (χ1v) is 10.4. The Morgan fingerprint density at radius 1 is 1.21 bits per heavy atom. The lowest BCUT2D eigenvalue weighted by molar-refractivity contribution is 0.0396. The minimum absolute atomic E-state index is 0.384. The Balaban J connectivity index is 1.91. The number of hydrogen-bond acceptors (Lipinski definition) is 4. The van der Waals surface area contributed by atoms with Gasteiger partial charge in [-0.05, 0) is 71.7 Å². The van der Waals surface area contributed by atoms with Crippen molar-refractivity contribution in [1.82, 2.24) is 14.7 Å². The molecule has 0 atom stereocenters. The van der Waals surface area contributed by atoms with Crippen LogP contribution in [0.3, 0.4) is 0 Å². The number of halogens is 3. The molecular weight excluding hydrogens is 507 g/mol. The number of allylic oxidation sites excluding steroid dienone is 2. The maximum Gasteiger partial charge on any atom is 0.418 e. The van der Waals surface area contributed by atoms with Gasteiger partial charge in [0.1, 0.15) is 17.2 Å². The second-order valence-corrected chi connectivity index (χ2v) is 9.58. The number of nitrogens with two attached hydrogens (primary N) is 1. The summed E-state index contributed by atoms with van der Waals surface area (Å²) in [5, 5.41) is 4.40. The van der Waals surface area contributed by atoms with Gasteiger partial charge in [0.2, 0.25) is 0 Å². The zero-order valence-electron chi connectivity index (χ0n) is 16.4. The van der Waals surface area contributed by atoms with Crippen LogP contribution in [-0.2, 0) is 10.2 Å². The minimum Gasteiger partial charge on any atom is -0.443 e. The fraction of sp³-hybridized carbons (Fsp3) is 0.300. The summed E-state index contributed by atoms with van der Waals surface area (Å²) < 4.78 is 21.5. The maximum atomic E-state index is 13.6. The Bertz CT molecular complexity index is 987. The first kappa shape index (κ1) is 21.6. The van der Waals surface area contributed by atoms with Gasteiger partial charge in [0.25, 0.3) is 0 Å². The molecular formula is C20H21Br2FN4O2. The molecule has 9 heteroatoms. The van der Waals surface area contributed by atoms with Crippen LogP contribution in [0.25, 0.3) is 5.69 Å². The molecule has 2 heterocycles. The third kappa shape index (κ3) is 4.40. The second kappa shape index (κ2) is 7.60. The molecule has 0 saturated heterocycles. The van der Waals surface area contributed by atoms with E-state index in [0.29, 0.717) is 20.5 Å². The quantitative estimate of drug-likeness (QED) is 0.547. The predicted molar refractivity (Wildman–Crippen MR) is 117 cm³/mol. The maximum absolute atomic E-state index is 13.6. The third-order valence-electron chi connectivity index (χ3n) is 4.35. The van der Waals surface area contributed by atoms with Gasteiger partial charge >= 0.3 is 6.09 Å². The van der Waals surface area contributed by atoms with Crippen LogP contribution in [0.4, 0.5) is 15.0 Å². The number of anilines is 1. The van der Waals surface area contributed by atoms with Gasteiger partial charge in [-0.15, -0.1) is 0 Å². The van der Waals surface area contributed by atoms with E-state index in [4.69, 9.17) is 10.5 Å². The van der Waals surface area contributed by atoms with Gasteiger partial charge in [-0.25, -0.2) is 13.9 Å². The summed E-state index contributed by atoms with van der Waals surface area (Å²) >= 11 is 6.73. The fourth-order valence-corrected chi connectivity index (χ4v) is 4.35. The van der Waals surface area contributed by atoms with Gasteiger partial charge in [-0.1, -0.05) is 12.2 Å². The van der Waals surface area contributed by atoms with Crippen molar-refractivity contribution < 1.29 is 13.9 Å². The highest BCUT2D eigenvalue weighted by molar-refractivity contribution is 9.11. The van der Waals surface area contributed by atoms with E-state index in [1.165, 1.54) is 21.7 Å². The second-order valence-electron chi connectivity index (χ2n) is 7.88. The summed E-state index contributed by atoms with van der Waals surface area (Å²) in [7, 11) is 0. The Hall–Kier alpha value is -2.13. The van der Waals surface area contributed by atoms with Crippen molar-refractivity contribution in [3.63, 3.8) is 0 Å². The number of carbonyl (C=O) groups excluding carboxylic acids is 1. The lowest BCUT2D eigenvalue weighted by Gasteiger charge is -2.29. The van der Waals surface area contributed by atoms with E-state index < -0.39 is 17.1 Å². The van der Waals surface area contributed by atoms with E-state index in [1.54, 1.807) is 18.6 Å². The molecule has 0 fully saturated rings. The first-order valence-electron chi connectivity index (χ1n) is 8.80. The summed E-state index contributed by atoms with van der Waals surface area (Å²) in [6.45, 7) is 7.40. The summed E-state index contributed by atoms with van der Waals surface area (Å²) in [4.78, 5) is 13.6. The van der Waals surface area contributed by atoms with Gasteiger partial charge in [0, 0.05) is 32.3 Å². The number of rotatable bonds is 2. The molecule has 0 bridgehead atoms. The number of benzene rings is 1. The van der Waals surface area contributed by atoms with Crippen LogP contribution >= 0.6 is 31.9 Å². The zero-order chi connectivity index (χ0) is 21.6. The van der Waals surface area contributed by atoms with E-state index >= 15 is 0 Å². The molecule has 0 radical (unpaired) electrons. The average Bonchev–Trinajstić information content (AvgIpc) is 2.95. The molecule has 2 N–H and O–H groups in total. The number of amides is 1. The standard InChI is InChI=1S/C20H21Br2FN4O2/c1-19(2,3)29-18(28)26-7-5-20(4,6-8-26)13-11-25-27(17(13)24)16-14(21)9-12(23)10-15(16)22/h5-11H,24H2,1-4H3. The molecule has 0 unspecified atom stereocenters. The first-order chi connectivity index (χ1) is 13.4. The number of carbonyl (C=O) groups is 1. The largest absolute Gasteiger partial charge is 0.443 e. The van der Waals surface area contributed by atoms with Crippen molar-refractivity contribution in [1.29, 1.82) is 0 Å². The van der Waals surface area contributed by atoms with Gasteiger partial charge in [0.15, 0.2) is 0 Å². The van der Waals surface area contributed by atoms with Crippen LogP contribution in [0.1, 0.15) is 33.3 Å². The van der Waals surface area contributed by atoms with Crippen molar-refractivity contribution in [2.75, 3.05) is 5.73 Å². The van der Waals surface area contributed by atoms with E-state index in [9.17, 15) is 9.18 Å². The van der Waals surface area contributed by atoms with Crippen molar-refractivity contribution in [3.8, 4) is 5.69 Å². The molecule has 1 aromatic carbocycles. The van der Waals surface area contributed by atoms with Crippen LogP contribution in [0.5, 0.6) is 0 Å². The minimum atomic E-state index is -0.584. The van der Waals surface area contributed by atoms with Crippen molar-refractivity contribution in [2.24, 2.45) is 0 Å². The monoisotopic (exact) mass is 526 g/mol. The normalized spacial score (nSPS) is 15.6. The molecule has 6 nitrogen and oxygen atoms in total. The molecule has 3 rings (SSSR count). The highest BCUT2D eigenvalue weighted by Crippen LogP contribution is 2.38. The number of hydrogen-bond donors (Lipinski definition) is 1. The summed E-state index contributed by atoms with van der Waals surface area (Å²) in [5.41, 5.74) is 6.57. The topological polar surface area (TPSA) is 73.4 Å². The van der Waals surface area contributed by atoms with Crippen LogP contribution in [0, 0.1) is 5.82 Å². The summed E-state index contributed by atoms with van der Waals surface area (Å²) in [5.74, 6) is 0.0197. The molecule has 29 heavy (non-hydrogen) atoms. The highest BCUT2D eigenvalue weighted by atomic mass is 79.9. The van der Waals surface area contributed by atoms with Gasteiger partial charge in [0.05, 0.1) is 11.9 Å². The highest BCUT2D eigenvalue weighted by Gasteiger charge is 2.31. The van der Waals surface area contributed by atoms with Crippen LogP contribution in [0.15, 0.2) is 51.8 Å². The molecule has 1 aromatic heterocycles. The number of nitrogen functional groups attached to an aromatic ring is 1. The van der Waals surface area contributed by atoms with Gasteiger partial charge in [-0.3, -0.25) is 4.90 Å². The van der Waals surface area contributed by atoms with E-state index in [1.807, 2.05) is 39.8 Å². The van der Waals surface area contributed by atoms with Crippen molar-refractivity contribution >= 4 is 43.8 Å². The molecule has 2 aromatic rings. The van der Waals surface area contributed by atoms with Crippen molar-refractivity contribution in [3.05, 3.63) is 63.2 Å². The average molecular weight is 528 g/mol. The summed E-state index contributed by atoms with van der Waals surface area (Å²) in [6, 6.07) is 2.70. The molecule has 0 saturated carbocycles. The third-order valence-corrected chi connectivity index (χ3v) is 5.56. The van der Waals surface area contributed by atoms with Gasteiger partial charge < -0.3 is 10.5 Å². The molecule has 0 aliphatic carbocycles. The Morgan fingerprint density at radius 2 is 1.76 bits per heavy atom. The summed E-state index contributed by atoms with van der Waals surface area (Å²) in [6.07, 6.45) is 8.19. The van der Waals surface area contributed by atoms with Crippen LogP contribution < -0.4 is 5.73 Å². The fourth-order valence-electron chi connectivity index (χ4n) is 2.88. The van der Waals surface area contributed by atoms with Gasteiger partial charge in [-0.2, -0.15) is 5.10 Å². The predicted octanol–water partition coefficient (Wildman–Crippen LogP) is 5.65. The van der Waals surface area contributed by atoms with Crippen LogP contribution in [-0.4, -0.2) is 26.4 Å². The smallest absolute Gasteiger partial charge is 0.418 e. The van der Waals surface area contributed by atoms with E-state index in [-0.39, 0.29) is 5.82 Å².